The molecule has 0 amide bonds. The van der Waals surface area contributed by atoms with Crippen LogP contribution in [0, 0.1) is 13.8 Å². The van der Waals surface area contributed by atoms with Gasteiger partial charge in [0.15, 0.2) is 0 Å². The maximum Gasteiger partial charge on any atom is 0.0486 e. The van der Waals surface area contributed by atoms with E-state index in [9.17, 15) is 0 Å². The number of nitrogens with zero attached hydrogens (tertiary/aromatic N) is 1. The van der Waals surface area contributed by atoms with Crippen molar-refractivity contribution >= 4 is 22.5 Å². The lowest BCUT2D eigenvalue weighted by Gasteiger charge is -2.09. The molecule has 0 saturated carbocycles. The molecule has 0 atom stereocenters. The van der Waals surface area contributed by atoms with Gasteiger partial charge >= 0.3 is 0 Å². The van der Waals surface area contributed by atoms with Crippen LogP contribution in [0.15, 0.2) is 48.5 Å². The van der Waals surface area contributed by atoms with Crippen molar-refractivity contribution in [2.75, 3.05) is 0 Å². The second kappa shape index (κ2) is 4.75. The molecule has 0 fully saturated rings. The lowest BCUT2D eigenvalue weighted by Crippen LogP contribution is -2.01. The first-order valence-corrected chi connectivity index (χ1v) is 6.82. The molecule has 3 aromatic rings. The Morgan fingerprint density at radius 3 is 2.42 bits per heavy atom. The first-order chi connectivity index (χ1) is 9.13. The van der Waals surface area contributed by atoms with Gasteiger partial charge in [-0.2, -0.15) is 0 Å². The number of aryl methyl sites for hydroxylation is 2. The van der Waals surface area contributed by atoms with E-state index in [2.05, 4.69) is 54.8 Å². The van der Waals surface area contributed by atoms with Crippen molar-refractivity contribution in [1.82, 2.24) is 4.57 Å². The molecule has 2 aromatic carbocycles. The maximum atomic E-state index is 6.05. The molecule has 3 rings (SSSR count). The molecular weight excluding hydrogens is 254 g/mol. The Balaban J connectivity index is 2.05. The summed E-state index contributed by atoms with van der Waals surface area (Å²) in [5.41, 5.74) is 5.12. The van der Waals surface area contributed by atoms with Crippen LogP contribution in [0.4, 0.5) is 0 Å². The van der Waals surface area contributed by atoms with Crippen LogP contribution in [-0.2, 0) is 6.54 Å². The van der Waals surface area contributed by atoms with Crippen molar-refractivity contribution in [2.45, 2.75) is 20.4 Å². The van der Waals surface area contributed by atoms with Gasteiger partial charge in [0.1, 0.15) is 0 Å². The van der Waals surface area contributed by atoms with Crippen LogP contribution in [0.1, 0.15) is 16.8 Å². The van der Waals surface area contributed by atoms with Crippen molar-refractivity contribution in [3.8, 4) is 0 Å². The minimum Gasteiger partial charge on any atom is -0.340 e. The Kier molecular flexibility index (Phi) is 3.08. The number of rotatable bonds is 2. The highest BCUT2D eigenvalue weighted by Gasteiger charge is 2.06. The number of fused-ring (bicyclic) bond motifs is 1. The maximum absolute atomic E-state index is 6.05. The molecule has 0 aliphatic carbocycles. The van der Waals surface area contributed by atoms with E-state index in [0.29, 0.717) is 0 Å². The first kappa shape index (κ1) is 12.3. The fraction of sp³-hybridized carbons (Fsp3) is 0.176. The van der Waals surface area contributed by atoms with E-state index < -0.39 is 0 Å². The molecule has 0 N–H and O–H groups in total. The SMILES string of the molecule is Cc1ccc(Cn2c(C)cc3cc(Cl)ccc32)cc1. The van der Waals surface area contributed by atoms with Gasteiger partial charge in [0.2, 0.25) is 0 Å². The minimum absolute atomic E-state index is 0.792. The first-order valence-electron chi connectivity index (χ1n) is 6.44. The summed E-state index contributed by atoms with van der Waals surface area (Å²) >= 11 is 6.05. The zero-order valence-electron chi connectivity index (χ0n) is 11.2. The molecule has 0 unspecified atom stereocenters. The van der Waals surface area contributed by atoms with Crippen LogP contribution >= 0.6 is 11.6 Å². The van der Waals surface area contributed by atoms with Crippen LogP contribution in [0.25, 0.3) is 10.9 Å². The summed E-state index contributed by atoms with van der Waals surface area (Å²) in [4.78, 5) is 0. The molecular formula is C17H16ClN. The second-order valence-corrected chi connectivity index (χ2v) is 5.50. The molecule has 0 bridgehead atoms. The number of halogens is 1. The lowest BCUT2D eigenvalue weighted by atomic mass is 10.1. The highest BCUT2D eigenvalue weighted by molar-refractivity contribution is 6.31. The third-order valence-corrected chi connectivity index (χ3v) is 3.77. The fourth-order valence-corrected chi connectivity index (χ4v) is 2.65. The summed E-state index contributed by atoms with van der Waals surface area (Å²) in [6.07, 6.45) is 0. The van der Waals surface area contributed by atoms with Gasteiger partial charge in [-0.3, -0.25) is 0 Å². The van der Waals surface area contributed by atoms with Gasteiger partial charge in [-0.15, -0.1) is 0 Å². The summed E-state index contributed by atoms with van der Waals surface area (Å²) in [5.74, 6) is 0. The average molecular weight is 270 g/mol. The summed E-state index contributed by atoms with van der Waals surface area (Å²) in [5, 5.41) is 2.00. The Labute approximate surface area is 118 Å². The van der Waals surface area contributed by atoms with Gasteiger partial charge in [0.25, 0.3) is 0 Å². The third-order valence-electron chi connectivity index (χ3n) is 3.53. The fourth-order valence-electron chi connectivity index (χ4n) is 2.47. The van der Waals surface area contributed by atoms with Crippen LogP contribution in [0.3, 0.4) is 0 Å². The van der Waals surface area contributed by atoms with Crippen LogP contribution in [0.5, 0.6) is 0 Å². The molecule has 1 heterocycles. The molecule has 0 spiro atoms. The number of aromatic nitrogens is 1. The van der Waals surface area contributed by atoms with E-state index in [1.807, 2.05) is 12.1 Å². The van der Waals surface area contributed by atoms with Crippen LogP contribution in [0.2, 0.25) is 5.02 Å². The second-order valence-electron chi connectivity index (χ2n) is 5.06. The number of hydrogen-bond donors (Lipinski definition) is 0. The summed E-state index contributed by atoms with van der Waals surface area (Å²) < 4.78 is 2.33. The Morgan fingerprint density at radius 1 is 0.947 bits per heavy atom. The predicted octanol–water partition coefficient (Wildman–Crippen LogP) is 4.96. The largest absolute Gasteiger partial charge is 0.340 e. The molecule has 96 valence electrons. The molecule has 19 heavy (non-hydrogen) atoms. The average Bonchev–Trinajstić information content (AvgIpc) is 2.68. The lowest BCUT2D eigenvalue weighted by molar-refractivity contribution is 0.805. The van der Waals surface area contributed by atoms with Crippen LogP contribution < -0.4 is 0 Å². The number of benzene rings is 2. The van der Waals surface area contributed by atoms with Crippen molar-refractivity contribution in [3.63, 3.8) is 0 Å². The quantitative estimate of drug-likeness (QED) is 0.620. The zero-order valence-corrected chi connectivity index (χ0v) is 11.9. The Bertz CT molecular complexity index is 723. The van der Waals surface area contributed by atoms with Crippen molar-refractivity contribution < 1.29 is 0 Å². The number of hydrogen-bond acceptors (Lipinski definition) is 0. The summed E-state index contributed by atoms with van der Waals surface area (Å²) in [7, 11) is 0. The van der Waals surface area contributed by atoms with E-state index >= 15 is 0 Å². The molecule has 1 aromatic heterocycles. The summed E-state index contributed by atoms with van der Waals surface area (Å²) in [6.45, 7) is 5.15. The van der Waals surface area contributed by atoms with Gasteiger partial charge in [0, 0.05) is 28.2 Å². The van der Waals surface area contributed by atoms with Gasteiger partial charge in [-0.1, -0.05) is 41.4 Å². The van der Waals surface area contributed by atoms with Gasteiger partial charge < -0.3 is 4.57 Å². The smallest absolute Gasteiger partial charge is 0.0486 e. The van der Waals surface area contributed by atoms with Gasteiger partial charge in [-0.25, -0.2) is 0 Å². The summed E-state index contributed by atoms with van der Waals surface area (Å²) in [6, 6.07) is 17.0. The Hall–Kier alpha value is -1.73. The standard InChI is InChI=1S/C17H16ClN/c1-12-3-5-14(6-4-12)11-19-13(2)9-15-10-16(18)7-8-17(15)19/h3-10H,11H2,1-2H3. The van der Waals surface area contributed by atoms with E-state index in [1.165, 1.54) is 27.7 Å². The molecule has 0 saturated heterocycles. The molecule has 2 heteroatoms. The minimum atomic E-state index is 0.792. The normalized spacial score (nSPS) is 11.1. The third kappa shape index (κ3) is 2.39. The van der Waals surface area contributed by atoms with Crippen molar-refractivity contribution in [2.24, 2.45) is 0 Å². The highest BCUT2D eigenvalue weighted by atomic mass is 35.5. The van der Waals surface area contributed by atoms with Crippen molar-refractivity contribution in [1.29, 1.82) is 0 Å². The Morgan fingerprint density at radius 2 is 1.68 bits per heavy atom. The monoisotopic (exact) mass is 269 g/mol. The van der Waals surface area contributed by atoms with Crippen LogP contribution in [-0.4, -0.2) is 4.57 Å². The van der Waals surface area contributed by atoms with E-state index in [4.69, 9.17) is 11.6 Å². The van der Waals surface area contributed by atoms with Gasteiger partial charge in [-0.05, 0) is 43.7 Å². The predicted molar refractivity (Wildman–Crippen MR) is 82.0 cm³/mol. The van der Waals surface area contributed by atoms with E-state index in [1.54, 1.807) is 0 Å². The molecule has 0 aliphatic rings. The van der Waals surface area contributed by atoms with E-state index in [-0.39, 0.29) is 0 Å². The highest BCUT2D eigenvalue weighted by Crippen LogP contribution is 2.24. The topological polar surface area (TPSA) is 4.93 Å². The van der Waals surface area contributed by atoms with Gasteiger partial charge in [0.05, 0.1) is 0 Å². The molecule has 1 nitrogen and oxygen atoms in total. The van der Waals surface area contributed by atoms with E-state index in [0.717, 1.165) is 11.6 Å². The zero-order chi connectivity index (χ0) is 13.4. The molecule has 0 aliphatic heterocycles. The molecule has 0 radical (unpaired) electrons. The van der Waals surface area contributed by atoms with Crippen molar-refractivity contribution in [3.05, 3.63) is 70.4 Å².